The predicted molar refractivity (Wildman–Crippen MR) is 213 cm³/mol. The van der Waals surface area contributed by atoms with Gasteiger partial charge in [-0.3, -0.25) is 23.2 Å². The molecule has 5 aromatic carbocycles. The van der Waals surface area contributed by atoms with Crippen LogP contribution in [0.5, 0.6) is 5.75 Å². The van der Waals surface area contributed by atoms with Gasteiger partial charge in [-0.05, 0) is 85.3 Å². The maximum Gasteiger partial charge on any atom is 0.356 e. The fraction of sp³-hybridized carbons (Fsp3) is 0.0606. The van der Waals surface area contributed by atoms with Gasteiger partial charge in [-0.1, -0.05) is 6.07 Å². The molecule has 60 heavy (non-hydrogen) atoms. The van der Waals surface area contributed by atoms with E-state index in [0.29, 0.717) is 34.8 Å². The molecule has 0 bridgehead atoms. The number of aryl methyl sites for hydroxylation is 1. The number of H-pyrrole nitrogens is 1. The first-order chi connectivity index (χ1) is 28.0. The Labute approximate surface area is 338 Å². The van der Waals surface area contributed by atoms with Crippen molar-refractivity contribution in [2.75, 3.05) is 17.7 Å². The third-order valence-electron chi connectivity index (χ3n) is 8.07. The number of benzene rings is 5. The second-order valence-electron chi connectivity index (χ2n) is 12.3. The molecule has 0 unspecified atom stereocenters. The quantitative estimate of drug-likeness (QED) is 0.0403. The van der Waals surface area contributed by atoms with E-state index in [1.54, 1.807) is 25.1 Å². The smallest absolute Gasteiger partial charge is 0.356 e. The summed E-state index contributed by atoms with van der Waals surface area (Å²) < 4.78 is 119. The second-order valence-corrected chi connectivity index (χ2v) is 18.1. The number of hydrogen-bond donors (Lipinski definition) is 8. The Morgan fingerprint density at radius 1 is 0.700 bits per heavy atom. The Morgan fingerprint density at radius 3 is 1.98 bits per heavy atom. The van der Waals surface area contributed by atoms with Crippen molar-refractivity contribution in [3.63, 3.8) is 0 Å². The maximum atomic E-state index is 12.5. The van der Waals surface area contributed by atoms with E-state index in [1.807, 2.05) is 0 Å². The van der Waals surface area contributed by atoms with Crippen LogP contribution in [0.3, 0.4) is 0 Å². The Bertz CT molecular complexity index is 3230. The first-order valence-electron chi connectivity index (χ1n) is 16.3. The minimum atomic E-state index is -5.23. The van der Waals surface area contributed by atoms with Gasteiger partial charge < -0.3 is 25.2 Å². The van der Waals surface area contributed by atoms with Gasteiger partial charge in [0, 0.05) is 22.5 Å². The Morgan fingerprint density at radius 2 is 1.35 bits per heavy atom. The molecule has 1 aromatic heterocycles. The van der Waals surface area contributed by atoms with Gasteiger partial charge in [0.1, 0.15) is 15.5 Å². The lowest BCUT2D eigenvalue weighted by Crippen LogP contribution is -2.16. The fourth-order valence-electron chi connectivity index (χ4n) is 5.40. The normalized spacial score (nSPS) is 12.7. The zero-order valence-corrected chi connectivity index (χ0v) is 33.7. The van der Waals surface area contributed by atoms with Gasteiger partial charge in [0.15, 0.2) is 0 Å². The summed E-state index contributed by atoms with van der Waals surface area (Å²) in [5.74, 6) is 0.0578. The molecular formula is C33H28N9O14PS3. The number of anilines is 4. The lowest BCUT2D eigenvalue weighted by molar-refractivity contribution is 0.387. The topological polar surface area (TPSA) is 362 Å². The Hall–Kier alpha value is -6.35. The minimum absolute atomic E-state index is 0.0473. The number of azo groups is 2. The minimum Gasteiger partial charge on any atom is -0.494 e. The number of methoxy groups -OCH3 is 1. The third kappa shape index (κ3) is 10.3. The number of aromatic nitrogens is 3. The molecule has 312 valence electrons. The van der Waals surface area contributed by atoms with Crippen LogP contribution in [0, 0.1) is 6.92 Å². The molecule has 6 rings (SSSR count). The molecule has 0 aliphatic heterocycles. The first kappa shape index (κ1) is 43.2. The SMILES string of the molecule is COc1cc(N=Nc2cccc(P(=O)(O)O)c2)ccc1Nc1nc(Nc2ccc(N=Nc3cc(S(=O)(=O)O)c4cc(S(=O)(=O)O)cc(S(=O)(=O)O)c4c3)c(C)c2)[nH]c(=O)n1. The van der Waals surface area contributed by atoms with E-state index < -0.39 is 69.1 Å². The zero-order chi connectivity index (χ0) is 43.8. The molecule has 0 aliphatic carbocycles. The first-order valence-corrected chi connectivity index (χ1v) is 22.3. The van der Waals surface area contributed by atoms with E-state index in [2.05, 4.69) is 46.0 Å². The van der Waals surface area contributed by atoms with Crippen molar-refractivity contribution in [2.24, 2.45) is 20.5 Å². The number of aromatic amines is 1. The second kappa shape index (κ2) is 16.4. The summed E-state index contributed by atoms with van der Waals surface area (Å²) in [5.41, 5.74) is 0.757. The van der Waals surface area contributed by atoms with Gasteiger partial charge >= 0.3 is 13.3 Å². The monoisotopic (exact) mass is 901 g/mol. The van der Waals surface area contributed by atoms with Crippen LogP contribution in [-0.2, 0) is 34.9 Å². The van der Waals surface area contributed by atoms with E-state index in [9.17, 15) is 58.1 Å². The summed E-state index contributed by atoms with van der Waals surface area (Å²) in [5, 5.41) is 20.5. The highest BCUT2D eigenvalue weighted by molar-refractivity contribution is 7.87. The predicted octanol–water partition coefficient (Wildman–Crippen LogP) is 5.50. The molecule has 1 heterocycles. The molecule has 0 radical (unpaired) electrons. The van der Waals surface area contributed by atoms with Crippen molar-refractivity contribution in [1.82, 2.24) is 15.0 Å². The van der Waals surface area contributed by atoms with Gasteiger partial charge in [0.2, 0.25) is 11.9 Å². The van der Waals surface area contributed by atoms with E-state index in [-0.39, 0.29) is 40.0 Å². The van der Waals surface area contributed by atoms with Crippen LogP contribution >= 0.6 is 7.60 Å². The van der Waals surface area contributed by atoms with Gasteiger partial charge in [0.05, 0.1) is 45.7 Å². The number of nitrogens with one attached hydrogen (secondary N) is 3. The van der Waals surface area contributed by atoms with Crippen molar-refractivity contribution in [2.45, 2.75) is 21.6 Å². The van der Waals surface area contributed by atoms with E-state index >= 15 is 0 Å². The summed E-state index contributed by atoms with van der Waals surface area (Å²) in [6.07, 6.45) is 0. The van der Waals surface area contributed by atoms with E-state index in [1.165, 1.54) is 49.6 Å². The fourth-order valence-corrected chi connectivity index (χ4v) is 8.03. The lowest BCUT2D eigenvalue weighted by atomic mass is 10.1. The third-order valence-corrected chi connectivity index (χ3v) is 11.6. The molecule has 0 saturated heterocycles. The molecule has 8 N–H and O–H groups in total. The van der Waals surface area contributed by atoms with Gasteiger partial charge in [0.25, 0.3) is 30.4 Å². The molecule has 0 spiro atoms. The number of rotatable bonds is 13. The van der Waals surface area contributed by atoms with Crippen LogP contribution in [0.4, 0.5) is 46.0 Å². The number of hydrogen-bond acceptors (Lipinski definition) is 17. The van der Waals surface area contributed by atoms with Gasteiger partial charge in [-0.25, -0.2) is 4.79 Å². The van der Waals surface area contributed by atoms with Crippen molar-refractivity contribution in [1.29, 1.82) is 0 Å². The Kier molecular flexibility index (Phi) is 11.8. The summed E-state index contributed by atoms with van der Waals surface area (Å²) >= 11 is 0. The van der Waals surface area contributed by atoms with Gasteiger partial charge in [-0.2, -0.15) is 55.7 Å². The van der Waals surface area contributed by atoms with Crippen molar-refractivity contribution in [3.05, 3.63) is 101 Å². The molecule has 0 fully saturated rings. The molecule has 0 saturated carbocycles. The molecule has 0 atom stereocenters. The lowest BCUT2D eigenvalue weighted by Gasteiger charge is -2.12. The van der Waals surface area contributed by atoms with Crippen LogP contribution in [-0.4, -0.2) is 70.8 Å². The molecule has 23 nitrogen and oxygen atoms in total. The van der Waals surface area contributed by atoms with Crippen LogP contribution in [0.15, 0.2) is 125 Å². The molecule has 0 aliphatic rings. The Balaban J connectivity index is 1.23. The summed E-state index contributed by atoms with van der Waals surface area (Å²) in [7, 11) is -18.6. The summed E-state index contributed by atoms with van der Waals surface area (Å²) in [4.78, 5) is 38.7. The largest absolute Gasteiger partial charge is 0.494 e. The maximum absolute atomic E-state index is 12.5. The highest BCUT2D eigenvalue weighted by Crippen LogP contribution is 2.38. The van der Waals surface area contributed by atoms with Crippen molar-refractivity contribution in [3.8, 4) is 5.75 Å². The van der Waals surface area contributed by atoms with Crippen molar-refractivity contribution >= 4 is 100 Å². The van der Waals surface area contributed by atoms with Crippen LogP contribution < -0.4 is 26.4 Å². The molecule has 0 amide bonds. The van der Waals surface area contributed by atoms with Crippen molar-refractivity contribution < 1.29 is 58.0 Å². The summed E-state index contributed by atoms with van der Waals surface area (Å²) in [6.45, 7) is 1.61. The number of nitrogens with zero attached hydrogens (tertiary/aromatic N) is 6. The van der Waals surface area contributed by atoms with Crippen LogP contribution in [0.2, 0.25) is 0 Å². The molecular weight excluding hydrogens is 874 g/mol. The molecule has 27 heteroatoms. The van der Waals surface area contributed by atoms with Gasteiger partial charge in [-0.15, -0.1) is 0 Å². The van der Waals surface area contributed by atoms with Crippen LogP contribution in [0.25, 0.3) is 10.8 Å². The highest BCUT2D eigenvalue weighted by Gasteiger charge is 2.26. The number of ether oxygens (including phenoxy) is 1. The number of fused-ring (bicyclic) bond motifs is 1. The zero-order valence-electron chi connectivity index (χ0n) is 30.3. The highest BCUT2D eigenvalue weighted by atomic mass is 32.2. The summed E-state index contributed by atoms with van der Waals surface area (Å²) in [6, 6.07) is 17.3. The van der Waals surface area contributed by atoms with E-state index in [4.69, 9.17) is 4.74 Å². The van der Waals surface area contributed by atoms with E-state index in [0.717, 1.165) is 12.1 Å². The average Bonchev–Trinajstić information content (AvgIpc) is 3.14. The average molecular weight is 902 g/mol. The van der Waals surface area contributed by atoms with Crippen LogP contribution in [0.1, 0.15) is 5.56 Å². The standard InChI is InChI=1S/C33H28N9O14PS3/c1-17-10-18(6-8-26(17)42-41-21-12-24-25(29(14-21)59(50,51)52)15-23(58(47,48)49)16-30(24)60(53,54)55)34-31-36-32(38-33(43)37-31)35-27-9-7-20(13-28(27)56-2)40-39-19-4-3-5-22(11-19)57(44,45)46/h3-16H,1-2H3,(H2,44,45,46)(H,47,48,49)(H,50,51,52)(H,53,54,55)(H3,34,35,36,37,38,43). The molecule has 6 aromatic rings.